The summed E-state index contributed by atoms with van der Waals surface area (Å²) in [6.45, 7) is -0.0765. The number of halogens is 3. The summed E-state index contributed by atoms with van der Waals surface area (Å²) in [5.41, 5.74) is -0.516. The molecule has 0 radical (unpaired) electrons. The van der Waals surface area contributed by atoms with Crippen molar-refractivity contribution < 1.29 is 41.0 Å². The molecule has 2 unspecified atom stereocenters. The molecule has 2 N–H and O–H groups in total. The van der Waals surface area contributed by atoms with Gasteiger partial charge in [-0.25, -0.2) is 13.2 Å². The van der Waals surface area contributed by atoms with Crippen LogP contribution in [-0.4, -0.2) is 55.4 Å². The number of nitrogens with zero attached hydrogens (tertiary/aromatic N) is 1. The molecule has 1 saturated heterocycles. The monoisotopic (exact) mass is 514 g/mol. The van der Waals surface area contributed by atoms with E-state index in [1.54, 1.807) is 24.3 Å². The van der Waals surface area contributed by atoms with Crippen LogP contribution in [0, 0.1) is 0 Å². The van der Waals surface area contributed by atoms with Gasteiger partial charge in [-0.1, -0.05) is 24.6 Å². The molecule has 1 aliphatic rings. The first-order chi connectivity index (χ1) is 16.4. The van der Waals surface area contributed by atoms with Crippen LogP contribution in [0.3, 0.4) is 0 Å². The van der Waals surface area contributed by atoms with E-state index in [-0.39, 0.29) is 19.4 Å². The summed E-state index contributed by atoms with van der Waals surface area (Å²) in [7, 11) is -2.97. The van der Waals surface area contributed by atoms with E-state index in [0.717, 1.165) is 22.5 Å². The van der Waals surface area contributed by atoms with Gasteiger partial charge in [0.2, 0.25) is 15.9 Å². The fourth-order valence-electron chi connectivity index (χ4n) is 3.89. The third-order valence-corrected chi connectivity index (χ3v) is 7.64. The van der Waals surface area contributed by atoms with Crippen LogP contribution in [0.5, 0.6) is 5.75 Å². The lowest BCUT2D eigenvalue weighted by Gasteiger charge is -2.34. The van der Waals surface area contributed by atoms with Crippen molar-refractivity contribution in [1.29, 1.82) is 0 Å². The van der Waals surface area contributed by atoms with E-state index in [9.17, 15) is 36.3 Å². The number of alkyl halides is 3. The van der Waals surface area contributed by atoms with Crippen LogP contribution in [0.25, 0.3) is 0 Å². The zero-order valence-electron chi connectivity index (χ0n) is 18.8. The molecule has 2 atom stereocenters. The first kappa shape index (κ1) is 26.5. The molecule has 12 heteroatoms. The number of hydrogen-bond acceptors (Lipinski definition) is 5. The maximum absolute atomic E-state index is 13.2. The number of hydrogen-bond donors (Lipinski definition) is 2. The molecular weight excluding hydrogens is 489 g/mol. The largest absolute Gasteiger partial charge is 0.497 e. The van der Waals surface area contributed by atoms with Gasteiger partial charge in [-0.05, 0) is 48.7 Å². The summed E-state index contributed by atoms with van der Waals surface area (Å²) in [5, 5.41) is 12.0. The molecule has 0 aromatic heterocycles. The lowest BCUT2D eigenvalue weighted by Crippen LogP contribution is -2.55. The molecule has 2 aromatic carbocycles. The Morgan fingerprint density at radius 1 is 1.17 bits per heavy atom. The quantitative estimate of drug-likeness (QED) is 0.560. The van der Waals surface area contributed by atoms with Crippen LogP contribution in [-0.2, 0) is 32.2 Å². The molecule has 35 heavy (non-hydrogen) atoms. The first-order valence-electron chi connectivity index (χ1n) is 10.8. The minimum Gasteiger partial charge on any atom is -0.497 e. The van der Waals surface area contributed by atoms with Crippen LogP contribution in [0.2, 0.25) is 0 Å². The summed E-state index contributed by atoms with van der Waals surface area (Å²) < 4.78 is 71.6. The minimum atomic E-state index is -4.74. The number of carbonyl (C=O) groups is 2. The Labute approximate surface area is 200 Å². The second-order valence-corrected chi connectivity index (χ2v) is 10.00. The van der Waals surface area contributed by atoms with Crippen molar-refractivity contribution in [1.82, 2.24) is 9.62 Å². The maximum Gasteiger partial charge on any atom is 0.416 e. The van der Waals surface area contributed by atoms with E-state index in [0.29, 0.717) is 30.2 Å². The van der Waals surface area contributed by atoms with E-state index in [2.05, 4.69) is 5.32 Å². The molecule has 3 rings (SSSR count). The second kappa shape index (κ2) is 10.6. The summed E-state index contributed by atoms with van der Waals surface area (Å²) in [4.78, 5) is 24.3. The number of sulfonamides is 1. The number of methoxy groups -OCH3 is 1. The van der Waals surface area contributed by atoms with Gasteiger partial charge in [0.1, 0.15) is 17.8 Å². The number of rotatable bonds is 8. The molecule has 1 amide bonds. The molecule has 1 aliphatic heterocycles. The van der Waals surface area contributed by atoms with Crippen molar-refractivity contribution in [2.45, 2.75) is 48.8 Å². The van der Waals surface area contributed by atoms with Crippen molar-refractivity contribution in [2.75, 3.05) is 13.7 Å². The number of nitrogens with one attached hydrogen (secondary N) is 1. The third kappa shape index (κ3) is 6.31. The zero-order valence-corrected chi connectivity index (χ0v) is 19.6. The van der Waals surface area contributed by atoms with Crippen molar-refractivity contribution in [3.63, 3.8) is 0 Å². The van der Waals surface area contributed by atoms with Crippen molar-refractivity contribution >= 4 is 21.9 Å². The molecule has 0 saturated carbocycles. The summed E-state index contributed by atoms with van der Waals surface area (Å²) in [5.74, 6) is -1.55. The van der Waals surface area contributed by atoms with Crippen LogP contribution in [0.1, 0.15) is 30.4 Å². The zero-order chi connectivity index (χ0) is 25.8. The molecule has 1 heterocycles. The van der Waals surface area contributed by atoms with E-state index in [1.165, 1.54) is 7.11 Å². The van der Waals surface area contributed by atoms with Gasteiger partial charge in [-0.3, -0.25) is 4.79 Å². The molecule has 2 aromatic rings. The standard InChI is InChI=1S/C23H25F3N2O6S/c1-34-17-10-8-15(9-11-17)13-19(22(30)31)27-21(29)20-7-2-3-12-28(20)35(32,33)18-6-4-5-16(14-18)23(24,25)26/h4-6,8-11,14,19-20H,2-3,7,12-13H2,1H3,(H,27,29)(H,30,31). The van der Waals surface area contributed by atoms with Gasteiger partial charge in [-0.15, -0.1) is 0 Å². The normalized spacial score (nSPS) is 18.0. The van der Waals surface area contributed by atoms with Crippen molar-refractivity contribution in [2.24, 2.45) is 0 Å². The van der Waals surface area contributed by atoms with E-state index >= 15 is 0 Å². The predicted octanol–water partition coefficient (Wildman–Crippen LogP) is 3.07. The van der Waals surface area contributed by atoms with Gasteiger partial charge in [0.15, 0.2) is 0 Å². The predicted molar refractivity (Wildman–Crippen MR) is 119 cm³/mol. The average molecular weight is 515 g/mol. The number of piperidine rings is 1. The third-order valence-electron chi connectivity index (χ3n) is 5.74. The van der Waals surface area contributed by atoms with Crippen LogP contribution in [0.15, 0.2) is 53.4 Å². The van der Waals surface area contributed by atoms with E-state index in [1.807, 2.05) is 0 Å². The minimum absolute atomic E-state index is 0.0574. The fourth-order valence-corrected chi connectivity index (χ4v) is 5.59. The lowest BCUT2D eigenvalue weighted by atomic mass is 10.0. The van der Waals surface area contributed by atoms with Gasteiger partial charge < -0.3 is 15.2 Å². The summed E-state index contributed by atoms with van der Waals surface area (Å²) in [6.07, 6.45) is -3.77. The van der Waals surface area contributed by atoms with Gasteiger partial charge >= 0.3 is 12.1 Å². The van der Waals surface area contributed by atoms with E-state index < -0.39 is 50.6 Å². The Hall–Kier alpha value is -3.12. The fraction of sp³-hybridized carbons (Fsp3) is 0.391. The molecular formula is C23H25F3N2O6S. The van der Waals surface area contributed by atoms with E-state index in [4.69, 9.17) is 4.74 Å². The Bertz CT molecular complexity index is 1170. The summed E-state index contributed by atoms with van der Waals surface area (Å²) in [6, 6.07) is 7.30. The highest BCUT2D eigenvalue weighted by molar-refractivity contribution is 7.89. The molecule has 0 bridgehead atoms. The number of carboxylic acid groups (broad SMARTS) is 1. The van der Waals surface area contributed by atoms with Crippen LogP contribution < -0.4 is 10.1 Å². The molecule has 0 aliphatic carbocycles. The van der Waals surface area contributed by atoms with Gasteiger partial charge in [0, 0.05) is 13.0 Å². The second-order valence-electron chi connectivity index (χ2n) is 8.10. The number of amides is 1. The Morgan fingerprint density at radius 3 is 2.46 bits per heavy atom. The molecule has 0 spiro atoms. The molecule has 1 fully saturated rings. The number of aliphatic carboxylic acids is 1. The van der Waals surface area contributed by atoms with Gasteiger partial charge in [0.05, 0.1) is 17.6 Å². The summed E-state index contributed by atoms with van der Waals surface area (Å²) >= 11 is 0. The smallest absolute Gasteiger partial charge is 0.416 e. The SMILES string of the molecule is COc1ccc(CC(NC(=O)C2CCCCN2S(=O)(=O)c2cccc(C(F)(F)F)c2)C(=O)O)cc1. The number of ether oxygens (including phenoxy) is 1. The Kier molecular flexibility index (Phi) is 8.06. The molecule has 8 nitrogen and oxygen atoms in total. The number of carbonyl (C=O) groups excluding carboxylic acids is 1. The average Bonchev–Trinajstić information content (AvgIpc) is 2.83. The van der Waals surface area contributed by atoms with Crippen LogP contribution >= 0.6 is 0 Å². The van der Waals surface area contributed by atoms with Crippen molar-refractivity contribution in [3.8, 4) is 5.75 Å². The number of benzene rings is 2. The van der Waals surface area contributed by atoms with Gasteiger partial charge in [-0.2, -0.15) is 17.5 Å². The van der Waals surface area contributed by atoms with Gasteiger partial charge in [0.25, 0.3) is 0 Å². The molecule has 190 valence electrons. The lowest BCUT2D eigenvalue weighted by molar-refractivity contribution is -0.142. The van der Waals surface area contributed by atoms with Crippen LogP contribution in [0.4, 0.5) is 13.2 Å². The Morgan fingerprint density at radius 2 is 1.86 bits per heavy atom. The Balaban J connectivity index is 1.82. The van der Waals surface area contributed by atoms with Crippen molar-refractivity contribution in [3.05, 3.63) is 59.7 Å². The first-order valence-corrected chi connectivity index (χ1v) is 12.2. The maximum atomic E-state index is 13.2. The highest BCUT2D eigenvalue weighted by atomic mass is 32.2. The highest BCUT2D eigenvalue weighted by Crippen LogP contribution is 2.32. The number of carboxylic acids is 1. The topological polar surface area (TPSA) is 113 Å². The highest BCUT2D eigenvalue weighted by Gasteiger charge is 2.40.